The lowest BCUT2D eigenvalue weighted by molar-refractivity contribution is -0.384. The van der Waals surface area contributed by atoms with E-state index in [-0.39, 0.29) is 25.3 Å². The minimum atomic E-state index is -3.68. The third kappa shape index (κ3) is 8.59. The molecule has 0 saturated heterocycles. The number of hydrogen-bond donors (Lipinski definition) is 0. The van der Waals surface area contributed by atoms with Gasteiger partial charge in [-0.3, -0.25) is 18.5 Å². The number of hydrogen-bond acceptors (Lipinski definition) is 8. The lowest BCUT2D eigenvalue weighted by Crippen LogP contribution is -2.22. The van der Waals surface area contributed by atoms with Crippen molar-refractivity contribution in [2.75, 3.05) is 25.7 Å². The topological polar surface area (TPSA) is 130 Å². The first-order valence-electron chi connectivity index (χ1n) is 6.38. The molecule has 11 heteroatoms. The van der Waals surface area contributed by atoms with Crippen LogP contribution in [0.4, 0.5) is 5.69 Å². The average molecular weight is 367 g/mol. The van der Waals surface area contributed by atoms with Crippen LogP contribution in [0.15, 0.2) is 24.3 Å². The Bertz CT molecular complexity index is 704. The van der Waals surface area contributed by atoms with Gasteiger partial charge in [-0.25, -0.2) is 0 Å². The van der Waals surface area contributed by atoms with Crippen LogP contribution >= 0.6 is 0 Å². The monoisotopic (exact) mass is 367 g/mol. The summed E-state index contributed by atoms with van der Waals surface area (Å²) in [5, 5.41) is 10.6. The Labute approximate surface area is 134 Å². The number of nitro benzene ring substituents is 1. The van der Waals surface area contributed by atoms with E-state index in [2.05, 4.69) is 8.37 Å². The molecule has 1 rings (SSSR count). The first-order chi connectivity index (χ1) is 10.5. The molecular formula is C12H17NO8S2. The molecule has 0 unspecified atom stereocenters. The quantitative estimate of drug-likeness (QED) is 0.354. The molecule has 130 valence electrons. The molecule has 0 radical (unpaired) electrons. The van der Waals surface area contributed by atoms with E-state index in [9.17, 15) is 26.9 Å². The molecule has 1 aromatic rings. The average Bonchev–Trinajstić information content (AvgIpc) is 2.40. The molecule has 0 atom stereocenters. The maximum atomic E-state index is 11.1. The van der Waals surface area contributed by atoms with Crippen LogP contribution in [-0.4, -0.2) is 47.5 Å². The van der Waals surface area contributed by atoms with Crippen LogP contribution in [0.3, 0.4) is 0 Å². The molecule has 0 heterocycles. The van der Waals surface area contributed by atoms with Crippen molar-refractivity contribution in [3.63, 3.8) is 0 Å². The zero-order valence-electron chi connectivity index (χ0n) is 12.5. The summed E-state index contributed by atoms with van der Waals surface area (Å²) >= 11 is 0. The van der Waals surface area contributed by atoms with Gasteiger partial charge in [0.2, 0.25) is 0 Å². The van der Waals surface area contributed by atoms with Crippen LogP contribution in [0.1, 0.15) is 5.56 Å². The minimum Gasteiger partial charge on any atom is -0.270 e. The summed E-state index contributed by atoms with van der Waals surface area (Å²) in [5.41, 5.74) is 0.583. The molecule has 0 aliphatic carbocycles. The SMILES string of the molecule is CS(=O)(=O)OCC(COS(C)(=O)=O)Cc1ccc([N+](=O)[O-])cc1. The van der Waals surface area contributed by atoms with Crippen molar-refractivity contribution in [1.29, 1.82) is 0 Å². The number of nitrogens with zero attached hydrogens (tertiary/aromatic N) is 1. The van der Waals surface area contributed by atoms with Gasteiger partial charge >= 0.3 is 0 Å². The van der Waals surface area contributed by atoms with Crippen molar-refractivity contribution in [1.82, 2.24) is 0 Å². The second-order valence-electron chi connectivity index (χ2n) is 4.97. The van der Waals surface area contributed by atoms with Gasteiger partial charge in [-0.05, 0) is 12.0 Å². The zero-order chi connectivity index (χ0) is 17.7. The molecule has 1 aromatic carbocycles. The van der Waals surface area contributed by atoms with E-state index in [0.717, 1.165) is 12.5 Å². The number of benzene rings is 1. The van der Waals surface area contributed by atoms with Gasteiger partial charge in [-0.15, -0.1) is 0 Å². The second-order valence-corrected chi connectivity index (χ2v) is 8.26. The summed E-state index contributed by atoms with van der Waals surface area (Å²) in [7, 11) is -7.36. The smallest absolute Gasteiger partial charge is 0.269 e. The number of non-ortho nitro benzene ring substituents is 1. The number of nitro groups is 1. The third-order valence-corrected chi connectivity index (χ3v) is 3.84. The lowest BCUT2D eigenvalue weighted by atomic mass is 10.0. The molecule has 23 heavy (non-hydrogen) atoms. The van der Waals surface area contributed by atoms with Gasteiger partial charge in [0.25, 0.3) is 25.9 Å². The van der Waals surface area contributed by atoms with E-state index in [0.29, 0.717) is 5.56 Å². The van der Waals surface area contributed by atoms with Gasteiger partial charge < -0.3 is 0 Å². The van der Waals surface area contributed by atoms with Gasteiger partial charge in [0.1, 0.15) is 0 Å². The lowest BCUT2D eigenvalue weighted by Gasteiger charge is -2.15. The van der Waals surface area contributed by atoms with Crippen molar-refractivity contribution >= 4 is 25.9 Å². The molecule has 0 fully saturated rings. The van der Waals surface area contributed by atoms with E-state index in [4.69, 9.17) is 0 Å². The Balaban J connectivity index is 2.79. The Hall–Kier alpha value is -1.56. The maximum Gasteiger partial charge on any atom is 0.269 e. The van der Waals surface area contributed by atoms with Gasteiger partial charge in [-0.2, -0.15) is 16.8 Å². The minimum absolute atomic E-state index is 0.0786. The Morgan fingerprint density at radius 1 is 1.00 bits per heavy atom. The highest BCUT2D eigenvalue weighted by molar-refractivity contribution is 7.86. The molecule has 0 aromatic heterocycles. The van der Waals surface area contributed by atoms with Crippen molar-refractivity contribution in [3.8, 4) is 0 Å². The Kier molecular flexibility index (Phi) is 6.62. The second kappa shape index (κ2) is 7.81. The summed E-state index contributed by atoms with van der Waals surface area (Å²) in [6.07, 6.45) is 2.00. The van der Waals surface area contributed by atoms with Gasteiger partial charge in [0, 0.05) is 18.1 Å². The highest BCUT2D eigenvalue weighted by atomic mass is 32.2. The van der Waals surface area contributed by atoms with E-state index in [1.165, 1.54) is 24.3 Å². The molecule has 9 nitrogen and oxygen atoms in total. The van der Waals surface area contributed by atoms with Gasteiger partial charge in [-0.1, -0.05) is 12.1 Å². The van der Waals surface area contributed by atoms with Crippen LogP contribution in [0.5, 0.6) is 0 Å². The van der Waals surface area contributed by atoms with Crippen molar-refractivity contribution in [3.05, 3.63) is 39.9 Å². The maximum absolute atomic E-state index is 11.1. The van der Waals surface area contributed by atoms with Crippen molar-refractivity contribution < 1.29 is 30.1 Å². The summed E-state index contributed by atoms with van der Waals surface area (Å²) in [5.74, 6) is -0.555. The van der Waals surface area contributed by atoms with Crippen LogP contribution < -0.4 is 0 Å². The summed E-state index contributed by atoms with van der Waals surface area (Å²) in [4.78, 5) is 10.1. The van der Waals surface area contributed by atoms with Crippen molar-refractivity contribution in [2.45, 2.75) is 6.42 Å². The van der Waals surface area contributed by atoms with Gasteiger partial charge in [0.15, 0.2) is 0 Å². The highest BCUT2D eigenvalue weighted by Crippen LogP contribution is 2.16. The standard InChI is InChI=1S/C12H17NO8S2/c1-22(16,17)20-8-11(9-21-23(2,18)19)7-10-3-5-12(6-4-10)13(14)15/h3-6,11H,7-9H2,1-2H3. The van der Waals surface area contributed by atoms with E-state index < -0.39 is 31.1 Å². The largest absolute Gasteiger partial charge is 0.270 e. The fraction of sp³-hybridized carbons (Fsp3) is 0.500. The van der Waals surface area contributed by atoms with Crippen LogP contribution in [0, 0.1) is 16.0 Å². The predicted octanol–water partition coefficient (Wildman–Crippen LogP) is 0.706. The van der Waals surface area contributed by atoms with Crippen LogP contribution in [0.2, 0.25) is 0 Å². The Morgan fingerprint density at radius 2 is 1.43 bits per heavy atom. The van der Waals surface area contributed by atoms with E-state index in [1.807, 2.05) is 0 Å². The molecule has 0 spiro atoms. The molecule has 0 N–H and O–H groups in total. The molecule has 0 saturated carbocycles. The number of rotatable bonds is 9. The first-order valence-corrected chi connectivity index (χ1v) is 10.0. The molecule has 0 aliphatic heterocycles. The van der Waals surface area contributed by atoms with Crippen molar-refractivity contribution in [2.24, 2.45) is 5.92 Å². The summed E-state index contributed by atoms with van der Waals surface area (Å²) in [6, 6.07) is 5.63. The molecular weight excluding hydrogens is 350 g/mol. The van der Waals surface area contributed by atoms with E-state index in [1.54, 1.807) is 0 Å². The van der Waals surface area contributed by atoms with Crippen LogP contribution in [0.25, 0.3) is 0 Å². The summed E-state index contributed by atoms with van der Waals surface area (Å²) < 4.78 is 53.6. The fourth-order valence-electron chi connectivity index (χ4n) is 1.69. The van der Waals surface area contributed by atoms with Crippen LogP contribution in [-0.2, 0) is 35.0 Å². The fourth-order valence-corrected chi connectivity index (χ4v) is 2.57. The normalized spacial score (nSPS) is 12.5. The third-order valence-electron chi connectivity index (χ3n) is 2.71. The molecule has 0 amide bonds. The van der Waals surface area contributed by atoms with Gasteiger partial charge in [0.05, 0.1) is 30.6 Å². The highest BCUT2D eigenvalue weighted by Gasteiger charge is 2.17. The molecule has 0 aliphatic rings. The zero-order valence-corrected chi connectivity index (χ0v) is 14.2. The summed E-state index contributed by atoms with van der Waals surface area (Å²) in [6.45, 7) is -0.517. The van der Waals surface area contributed by atoms with E-state index >= 15 is 0 Å². The molecule has 0 bridgehead atoms. The predicted molar refractivity (Wildman–Crippen MR) is 81.9 cm³/mol. The first kappa shape index (κ1) is 19.5. The Morgan fingerprint density at radius 3 is 1.78 bits per heavy atom.